The average molecular weight is 452 g/mol. The van der Waals surface area contributed by atoms with Crippen molar-refractivity contribution < 1.29 is 15.5 Å². The van der Waals surface area contributed by atoms with Gasteiger partial charge in [-0.3, -0.25) is 0 Å². The number of rotatable bonds is 3. The Labute approximate surface area is 210 Å². The highest BCUT2D eigenvalue weighted by Crippen LogP contribution is 2.51. The van der Waals surface area contributed by atoms with Crippen molar-refractivity contribution >= 4 is 17.1 Å². The molecule has 0 saturated heterocycles. The van der Waals surface area contributed by atoms with Gasteiger partial charge in [0.05, 0.1) is 22.3 Å². The summed E-state index contributed by atoms with van der Waals surface area (Å²) in [6.45, 7) is 5.70. The van der Waals surface area contributed by atoms with Gasteiger partial charge in [-0.25, -0.2) is 0 Å². The highest BCUT2D eigenvalue weighted by atomic mass is 16.5. The summed E-state index contributed by atoms with van der Waals surface area (Å²) in [6.07, 6.45) is 0. The lowest BCUT2D eigenvalue weighted by molar-refractivity contribution is 0.432. The second-order valence-corrected chi connectivity index (χ2v) is 8.64. The van der Waals surface area contributed by atoms with Gasteiger partial charge in [-0.2, -0.15) is 4.98 Å². The van der Waals surface area contributed by atoms with E-state index in [9.17, 15) is 0 Å². The molecule has 2 heterocycles. The minimum atomic E-state index is -0.387. The normalized spacial score (nSPS) is 17.2. The minimum absolute atomic E-state index is 0.0750. The Balaban J connectivity index is 1.55. The maximum Gasteiger partial charge on any atom is 0.258 e. The summed E-state index contributed by atoms with van der Waals surface area (Å²) in [5.41, 5.74) is 2.92. The molecule has 1 aliphatic rings. The molecule has 34 heavy (non-hydrogen) atoms. The molecule has 0 saturated carbocycles. The summed E-state index contributed by atoms with van der Waals surface area (Å²) < 4.78 is 74.0. The van der Waals surface area contributed by atoms with Crippen LogP contribution in [0, 0.1) is 6.92 Å². The topological polar surface area (TPSA) is 42.2 Å². The summed E-state index contributed by atoms with van der Waals surface area (Å²) in [5, 5.41) is 3.87. The number of aromatic nitrogens is 2. The second-order valence-electron chi connectivity index (χ2n) is 8.64. The van der Waals surface area contributed by atoms with E-state index < -0.39 is 0 Å². The van der Waals surface area contributed by atoms with Crippen LogP contribution in [0.15, 0.2) is 101 Å². The lowest BCUT2D eigenvalue weighted by Gasteiger charge is -2.42. The van der Waals surface area contributed by atoms with Gasteiger partial charge in [0, 0.05) is 22.2 Å². The summed E-state index contributed by atoms with van der Waals surface area (Å²) in [7, 11) is 0. The van der Waals surface area contributed by atoms with Gasteiger partial charge >= 0.3 is 0 Å². The molecule has 0 N–H and O–H groups in total. The molecule has 0 radical (unpaired) electrons. The van der Waals surface area contributed by atoms with E-state index in [2.05, 4.69) is 24.0 Å². The van der Waals surface area contributed by atoms with Crippen LogP contribution in [0.1, 0.15) is 41.5 Å². The molecule has 4 aromatic carbocycles. The molecule has 0 aliphatic carbocycles. The summed E-state index contributed by atoms with van der Waals surface area (Å²) in [5.74, 6) is -0.574. The predicted molar refractivity (Wildman–Crippen MR) is 137 cm³/mol. The molecule has 4 nitrogen and oxygen atoms in total. The van der Waals surface area contributed by atoms with Crippen molar-refractivity contribution in [1.29, 1.82) is 0 Å². The Hall–Kier alpha value is -4.18. The fourth-order valence-electron chi connectivity index (χ4n) is 4.35. The van der Waals surface area contributed by atoms with E-state index >= 15 is 0 Å². The number of fused-ring (bicyclic) bond motifs is 2. The first-order valence-corrected chi connectivity index (χ1v) is 10.9. The Morgan fingerprint density at radius 1 is 0.765 bits per heavy atom. The molecule has 0 amide bonds. The minimum Gasteiger partial charge on any atom is -0.334 e. The number of benzene rings is 4. The van der Waals surface area contributed by atoms with Crippen molar-refractivity contribution in [2.75, 3.05) is 4.90 Å². The zero-order chi connectivity index (χ0) is 30.2. The number of hydrogen-bond acceptors (Lipinski definition) is 4. The van der Waals surface area contributed by atoms with E-state index in [1.165, 1.54) is 6.92 Å². The average Bonchev–Trinajstić information content (AvgIpc) is 3.45. The van der Waals surface area contributed by atoms with Crippen molar-refractivity contribution in [2.45, 2.75) is 26.2 Å². The molecule has 0 fully saturated rings. The van der Waals surface area contributed by atoms with Crippen molar-refractivity contribution in [3.63, 3.8) is 0 Å². The highest BCUT2D eigenvalue weighted by molar-refractivity contribution is 5.86. The van der Waals surface area contributed by atoms with Gasteiger partial charge in [0.1, 0.15) is 0 Å². The smallest absolute Gasteiger partial charge is 0.258 e. The molecular weight excluding hydrogens is 418 g/mol. The Morgan fingerprint density at radius 2 is 1.32 bits per heavy atom. The van der Waals surface area contributed by atoms with Crippen molar-refractivity contribution in [2.24, 2.45) is 0 Å². The quantitative estimate of drug-likeness (QED) is 0.280. The molecule has 0 unspecified atom stereocenters. The van der Waals surface area contributed by atoms with Gasteiger partial charge < -0.3 is 9.42 Å². The van der Waals surface area contributed by atoms with Crippen molar-refractivity contribution in [3.05, 3.63) is 114 Å². The molecule has 0 spiro atoms. The van der Waals surface area contributed by atoms with Crippen LogP contribution in [0.4, 0.5) is 17.1 Å². The Morgan fingerprint density at radius 3 is 1.94 bits per heavy atom. The molecule has 1 aliphatic heterocycles. The fraction of sp³-hybridized carbons (Fsp3) is 0.133. The first kappa shape index (κ1) is 13.5. The first-order valence-electron chi connectivity index (χ1n) is 14.9. The van der Waals surface area contributed by atoms with Crippen molar-refractivity contribution in [3.8, 4) is 22.8 Å². The lowest BCUT2D eigenvalue weighted by atomic mass is 9.73. The number of hydrogen-bond donors (Lipinski definition) is 0. The molecule has 5 aromatic rings. The number of para-hydroxylation sites is 2. The van der Waals surface area contributed by atoms with Crippen molar-refractivity contribution in [1.82, 2.24) is 10.1 Å². The van der Waals surface area contributed by atoms with Gasteiger partial charge in [0.15, 0.2) is 0 Å². The lowest BCUT2D eigenvalue weighted by Crippen LogP contribution is -2.30. The van der Waals surface area contributed by atoms with Crippen LogP contribution in [0.2, 0.25) is 0 Å². The summed E-state index contributed by atoms with van der Waals surface area (Å²) >= 11 is 0. The molecule has 4 heteroatoms. The predicted octanol–water partition coefficient (Wildman–Crippen LogP) is 7.82. The van der Waals surface area contributed by atoms with Crippen LogP contribution < -0.4 is 4.90 Å². The number of nitrogens with zero attached hydrogens (tertiary/aromatic N) is 3. The van der Waals surface area contributed by atoms with E-state index in [0.717, 1.165) is 22.5 Å². The standard InChI is InChI=1S/C30H25N3O/c1-20-12-14-22(15-13-20)29-31-28(32-34-29)21-16-18-23(19-17-21)33-26-10-6-4-8-24(26)30(2,3)25-9-5-7-11-27(25)33/h4-19H,1-3H3/i12D,13D,14D,15D,16D,17D,18D,19D. The van der Waals surface area contributed by atoms with Crippen LogP contribution in [0.3, 0.4) is 0 Å². The SMILES string of the molecule is [2H]c1c([2H])c(-c2nc(-c3c([2H])c([2H])c(N4c5ccccc5C(C)(C)c5ccccc54)c([2H])c3[2H])no2)c([2H])c([2H])c1C. The van der Waals surface area contributed by atoms with Gasteiger partial charge in [0.25, 0.3) is 5.89 Å². The Bertz CT molecular complexity index is 1830. The number of anilines is 3. The second kappa shape index (κ2) is 7.70. The largest absolute Gasteiger partial charge is 0.334 e. The van der Waals surface area contributed by atoms with E-state index in [1.807, 2.05) is 48.5 Å². The zero-order valence-electron chi connectivity index (χ0n) is 26.9. The maximum atomic E-state index is 9.03. The van der Waals surface area contributed by atoms with Gasteiger partial charge in [-0.15, -0.1) is 0 Å². The van der Waals surface area contributed by atoms with Crippen LogP contribution in [-0.2, 0) is 5.41 Å². The Kier molecular flexibility index (Phi) is 3.06. The fourth-order valence-corrected chi connectivity index (χ4v) is 4.35. The molecule has 1 aromatic heterocycles. The molecule has 0 atom stereocenters. The van der Waals surface area contributed by atoms with E-state index in [1.54, 1.807) is 4.90 Å². The van der Waals surface area contributed by atoms with E-state index in [0.29, 0.717) is 0 Å². The zero-order valence-corrected chi connectivity index (χ0v) is 18.9. The van der Waals surface area contributed by atoms with E-state index in [-0.39, 0.29) is 87.8 Å². The van der Waals surface area contributed by atoms with E-state index in [4.69, 9.17) is 15.5 Å². The molecule has 166 valence electrons. The monoisotopic (exact) mass is 451 g/mol. The van der Waals surface area contributed by atoms with Crippen LogP contribution >= 0.6 is 0 Å². The third-order valence-electron chi connectivity index (χ3n) is 6.09. The molecular formula is C30H25N3O. The van der Waals surface area contributed by atoms with Gasteiger partial charge in [0.2, 0.25) is 5.82 Å². The first-order chi connectivity index (χ1) is 19.9. The van der Waals surface area contributed by atoms with Crippen LogP contribution in [-0.4, -0.2) is 10.1 Å². The molecule has 0 bridgehead atoms. The third-order valence-corrected chi connectivity index (χ3v) is 6.09. The maximum absolute atomic E-state index is 9.03. The highest BCUT2D eigenvalue weighted by Gasteiger charge is 2.36. The molecule has 6 rings (SSSR count). The summed E-state index contributed by atoms with van der Waals surface area (Å²) in [6, 6.07) is 12.8. The third kappa shape index (κ3) is 3.22. The van der Waals surface area contributed by atoms with Crippen LogP contribution in [0.5, 0.6) is 0 Å². The van der Waals surface area contributed by atoms with Gasteiger partial charge in [-0.1, -0.05) is 73.1 Å². The van der Waals surface area contributed by atoms with Crippen LogP contribution in [0.25, 0.3) is 22.8 Å². The van der Waals surface area contributed by atoms with Gasteiger partial charge in [-0.05, 0) is 66.4 Å². The summed E-state index contributed by atoms with van der Waals surface area (Å²) in [4.78, 5) is 5.98.